The number of halogens is 1. The van der Waals surface area contributed by atoms with Gasteiger partial charge in [0, 0.05) is 0 Å². The summed E-state index contributed by atoms with van der Waals surface area (Å²) in [6.07, 6.45) is 19.8. The van der Waals surface area contributed by atoms with Crippen molar-refractivity contribution < 1.29 is 17.0 Å². The minimum atomic E-state index is 0. The minimum Gasteiger partial charge on any atom is -1.00 e. The van der Waals surface area contributed by atoms with Crippen molar-refractivity contribution in [3.05, 3.63) is 35.9 Å². The Morgan fingerprint density at radius 3 is 1.61 bits per heavy atom. The Labute approximate surface area is 172 Å². The van der Waals surface area contributed by atoms with Crippen LogP contribution >= 0.6 is 0 Å². The average Bonchev–Trinajstić information content (AvgIpc) is 2.53. The van der Waals surface area contributed by atoms with Gasteiger partial charge in [-0.05, 0) is 0 Å². The molecule has 0 nitrogen and oxygen atoms in total. The van der Waals surface area contributed by atoms with E-state index >= 15 is 0 Å². The maximum Gasteiger partial charge on any atom is 2.00 e. The first-order valence-corrected chi connectivity index (χ1v) is 9.39. The van der Waals surface area contributed by atoms with Crippen LogP contribution in [0.15, 0.2) is 24.3 Å². The number of aryl methyl sites for hydroxylation is 1. The Bertz CT molecular complexity index is 313. The standard InChI is InChI=1S/C21H35.BrH.Mg/c1-2-3-4-5-6-7-8-9-10-11-12-13-15-18-21-19-16-14-17-20-21;;/h14,16-17,19H,2-13,15,18H2,1H3;1H;/q-1;;+2/p-1. The summed E-state index contributed by atoms with van der Waals surface area (Å²) in [4.78, 5) is 0. The van der Waals surface area contributed by atoms with Crippen LogP contribution in [0, 0.1) is 6.07 Å². The second-order valence-corrected chi connectivity index (χ2v) is 6.38. The van der Waals surface area contributed by atoms with Crippen molar-refractivity contribution >= 4 is 23.1 Å². The molecule has 0 aliphatic heterocycles. The van der Waals surface area contributed by atoms with E-state index in [0.717, 1.165) is 0 Å². The van der Waals surface area contributed by atoms with Gasteiger partial charge in [0.2, 0.25) is 0 Å². The van der Waals surface area contributed by atoms with Crippen LogP contribution in [0.3, 0.4) is 0 Å². The summed E-state index contributed by atoms with van der Waals surface area (Å²) >= 11 is 0. The van der Waals surface area contributed by atoms with Crippen LogP contribution in [-0.2, 0) is 6.42 Å². The van der Waals surface area contributed by atoms with Crippen molar-refractivity contribution in [3.63, 3.8) is 0 Å². The minimum absolute atomic E-state index is 0. The third-order valence-electron chi connectivity index (χ3n) is 4.32. The Hall–Kier alpha value is 0.466. The molecule has 0 amide bonds. The molecule has 0 atom stereocenters. The SMILES string of the molecule is CCCCCCCCCCCCCCCc1[c-]cccc1.[Br-].[Mg+2]. The third kappa shape index (κ3) is 17.1. The van der Waals surface area contributed by atoms with Crippen molar-refractivity contribution in [1.82, 2.24) is 0 Å². The molecule has 23 heavy (non-hydrogen) atoms. The molecule has 0 N–H and O–H groups in total. The molecular formula is C21H35BrMg. The molecule has 0 heterocycles. The first kappa shape index (κ1) is 25.7. The Morgan fingerprint density at radius 2 is 1.17 bits per heavy atom. The fourth-order valence-corrected chi connectivity index (χ4v) is 2.92. The molecule has 0 aliphatic rings. The number of hydrogen-bond donors (Lipinski definition) is 0. The zero-order chi connectivity index (χ0) is 15.0. The molecule has 0 saturated carbocycles. The second kappa shape index (κ2) is 20.5. The molecule has 0 unspecified atom stereocenters. The van der Waals surface area contributed by atoms with E-state index in [1.807, 2.05) is 12.1 Å². The van der Waals surface area contributed by atoms with Crippen molar-refractivity contribution in [1.29, 1.82) is 0 Å². The maximum absolute atomic E-state index is 3.31. The molecule has 2 heteroatoms. The Balaban J connectivity index is 0. The van der Waals surface area contributed by atoms with Gasteiger partial charge in [-0.15, -0.1) is 0 Å². The summed E-state index contributed by atoms with van der Waals surface area (Å²) in [5.41, 5.74) is 1.38. The zero-order valence-corrected chi connectivity index (χ0v) is 18.3. The van der Waals surface area contributed by atoms with E-state index in [9.17, 15) is 0 Å². The topological polar surface area (TPSA) is 0 Å². The first-order valence-electron chi connectivity index (χ1n) is 9.39. The van der Waals surface area contributed by atoms with Crippen molar-refractivity contribution in [2.75, 3.05) is 0 Å². The smallest absolute Gasteiger partial charge is 1.00 e. The summed E-state index contributed by atoms with van der Waals surface area (Å²) in [6, 6.07) is 11.7. The summed E-state index contributed by atoms with van der Waals surface area (Å²) in [5, 5.41) is 0. The normalized spacial score (nSPS) is 9.96. The van der Waals surface area contributed by atoms with Gasteiger partial charge in [0.25, 0.3) is 0 Å². The number of benzene rings is 1. The van der Waals surface area contributed by atoms with Gasteiger partial charge in [0.05, 0.1) is 0 Å². The molecule has 0 saturated heterocycles. The van der Waals surface area contributed by atoms with Crippen LogP contribution in [0.5, 0.6) is 0 Å². The van der Waals surface area contributed by atoms with Crippen LogP contribution < -0.4 is 17.0 Å². The number of unbranched alkanes of at least 4 members (excludes halogenated alkanes) is 12. The maximum atomic E-state index is 3.31. The molecule has 0 fully saturated rings. The Morgan fingerprint density at radius 1 is 0.696 bits per heavy atom. The molecule has 0 spiro atoms. The van der Waals surface area contributed by atoms with Crippen LogP contribution in [0.4, 0.5) is 0 Å². The molecule has 0 aliphatic carbocycles. The second-order valence-electron chi connectivity index (χ2n) is 6.38. The van der Waals surface area contributed by atoms with Crippen LogP contribution in [0.25, 0.3) is 0 Å². The summed E-state index contributed by atoms with van der Waals surface area (Å²) in [5.74, 6) is 0. The van der Waals surface area contributed by atoms with E-state index in [2.05, 4.69) is 25.1 Å². The van der Waals surface area contributed by atoms with Gasteiger partial charge in [-0.2, -0.15) is 35.9 Å². The van der Waals surface area contributed by atoms with Gasteiger partial charge in [-0.25, -0.2) is 0 Å². The number of rotatable bonds is 14. The van der Waals surface area contributed by atoms with Crippen LogP contribution in [-0.4, -0.2) is 23.1 Å². The van der Waals surface area contributed by atoms with E-state index in [1.165, 1.54) is 95.5 Å². The Kier molecular flexibility index (Phi) is 22.9. The molecule has 0 bridgehead atoms. The van der Waals surface area contributed by atoms with Crippen molar-refractivity contribution in [3.8, 4) is 0 Å². The van der Waals surface area contributed by atoms with E-state index in [4.69, 9.17) is 0 Å². The molecule has 1 aromatic carbocycles. The summed E-state index contributed by atoms with van der Waals surface area (Å²) in [7, 11) is 0. The first-order chi connectivity index (χ1) is 10.4. The molecule has 0 radical (unpaired) electrons. The van der Waals surface area contributed by atoms with Gasteiger partial charge >= 0.3 is 23.1 Å². The fourth-order valence-electron chi connectivity index (χ4n) is 2.92. The van der Waals surface area contributed by atoms with Gasteiger partial charge in [0.1, 0.15) is 0 Å². The molecule has 0 aromatic heterocycles. The summed E-state index contributed by atoms with van der Waals surface area (Å²) < 4.78 is 0. The van der Waals surface area contributed by atoms with E-state index in [-0.39, 0.29) is 40.0 Å². The average molecular weight is 392 g/mol. The van der Waals surface area contributed by atoms with E-state index in [0.29, 0.717) is 0 Å². The molecule has 128 valence electrons. The summed E-state index contributed by atoms with van der Waals surface area (Å²) in [6.45, 7) is 2.29. The molecular weight excluding hydrogens is 356 g/mol. The zero-order valence-electron chi connectivity index (χ0n) is 15.3. The molecule has 1 rings (SSSR count). The van der Waals surface area contributed by atoms with Crippen molar-refractivity contribution in [2.45, 2.75) is 96.8 Å². The monoisotopic (exact) mass is 390 g/mol. The van der Waals surface area contributed by atoms with E-state index < -0.39 is 0 Å². The van der Waals surface area contributed by atoms with Crippen LogP contribution in [0.2, 0.25) is 0 Å². The fraction of sp³-hybridized carbons (Fsp3) is 0.714. The predicted octanol–water partition coefficient (Wildman–Crippen LogP) is 3.74. The van der Waals surface area contributed by atoms with E-state index in [1.54, 1.807) is 0 Å². The van der Waals surface area contributed by atoms with Crippen LogP contribution in [0.1, 0.15) is 96.0 Å². The van der Waals surface area contributed by atoms with Gasteiger partial charge in [0.15, 0.2) is 0 Å². The quantitative estimate of drug-likeness (QED) is 0.257. The van der Waals surface area contributed by atoms with Gasteiger partial charge < -0.3 is 17.0 Å². The van der Waals surface area contributed by atoms with Gasteiger partial charge in [-0.1, -0.05) is 96.8 Å². The third-order valence-corrected chi connectivity index (χ3v) is 4.32. The number of hydrogen-bond acceptors (Lipinski definition) is 0. The van der Waals surface area contributed by atoms with Crippen molar-refractivity contribution in [2.24, 2.45) is 0 Å². The largest absolute Gasteiger partial charge is 2.00 e. The van der Waals surface area contributed by atoms with Gasteiger partial charge in [-0.3, -0.25) is 0 Å². The molecule has 1 aromatic rings. The predicted molar refractivity (Wildman–Crippen MR) is 100 cm³/mol.